The van der Waals surface area contributed by atoms with E-state index in [1.54, 1.807) is 0 Å². The molecule has 3 rings (SSSR count). The van der Waals surface area contributed by atoms with E-state index in [1.807, 2.05) is 0 Å². The van der Waals surface area contributed by atoms with Gasteiger partial charge in [0.1, 0.15) is 0 Å². The second kappa shape index (κ2) is 6.11. The molecule has 0 spiro atoms. The molecule has 1 heterocycles. The highest BCUT2D eigenvalue weighted by molar-refractivity contribution is 4.86. The fourth-order valence-corrected chi connectivity index (χ4v) is 3.19. The van der Waals surface area contributed by atoms with Crippen molar-refractivity contribution in [3.63, 3.8) is 0 Å². The van der Waals surface area contributed by atoms with E-state index in [0.717, 1.165) is 23.9 Å². The highest BCUT2D eigenvalue weighted by Gasteiger charge is 2.29. The van der Waals surface area contributed by atoms with Crippen molar-refractivity contribution in [3.8, 4) is 0 Å². The summed E-state index contributed by atoms with van der Waals surface area (Å²) in [5, 5.41) is 3.68. The van der Waals surface area contributed by atoms with Crippen LogP contribution in [-0.4, -0.2) is 61.2 Å². The number of nitrogens with zero attached hydrogens (tertiary/aromatic N) is 2. The Morgan fingerprint density at radius 1 is 1.00 bits per heavy atom. The second-order valence-electron chi connectivity index (χ2n) is 7.18. The lowest BCUT2D eigenvalue weighted by Gasteiger charge is -2.40. The quantitative estimate of drug-likeness (QED) is 0.757. The summed E-state index contributed by atoms with van der Waals surface area (Å²) >= 11 is 0. The zero-order valence-corrected chi connectivity index (χ0v) is 12.8. The standard InChI is InChI=1S/C16H31N3/c1-13(11-17-16-5-6-16)14(2)19-9-7-18(8-10-19)12-15-3-4-15/h13-17H,3-12H2,1-2H3. The van der Waals surface area contributed by atoms with Crippen molar-refractivity contribution in [2.75, 3.05) is 39.3 Å². The molecule has 3 heteroatoms. The van der Waals surface area contributed by atoms with Crippen LogP contribution in [0.4, 0.5) is 0 Å². The number of hydrogen-bond acceptors (Lipinski definition) is 3. The first-order valence-electron chi connectivity index (χ1n) is 8.42. The van der Waals surface area contributed by atoms with E-state index in [0.29, 0.717) is 0 Å². The summed E-state index contributed by atoms with van der Waals surface area (Å²) in [5.41, 5.74) is 0. The van der Waals surface area contributed by atoms with Crippen LogP contribution in [0, 0.1) is 11.8 Å². The van der Waals surface area contributed by atoms with Gasteiger partial charge in [-0.05, 0) is 51.0 Å². The Bertz CT molecular complexity index is 278. The van der Waals surface area contributed by atoms with Crippen molar-refractivity contribution in [2.45, 2.75) is 51.6 Å². The molecule has 3 aliphatic rings. The van der Waals surface area contributed by atoms with Gasteiger partial charge in [0.15, 0.2) is 0 Å². The van der Waals surface area contributed by atoms with Crippen molar-refractivity contribution in [2.24, 2.45) is 11.8 Å². The van der Waals surface area contributed by atoms with Gasteiger partial charge in [-0.3, -0.25) is 4.90 Å². The van der Waals surface area contributed by atoms with E-state index in [4.69, 9.17) is 0 Å². The summed E-state index contributed by atoms with van der Waals surface area (Å²) in [6.07, 6.45) is 5.78. The van der Waals surface area contributed by atoms with Crippen LogP contribution in [0.25, 0.3) is 0 Å². The van der Waals surface area contributed by atoms with Crippen LogP contribution >= 0.6 is 0 Å². The highest BCUT2D eigenvalue weighted by Crippen LogP contribution is 2.30. The maximum atomic E-state index is 3.68. The molecule has 2 unspecified atom stereocenters. The molecule has 110 valence electrons. The summed E-state index contributed by atoms with van der Waals surface area (Å²) in [5.74, 6) is 1.82. The van der Waals surface area contributed by atoms with Crippen LogP contribution in [0.1, 0.15) is 39.5 Å². The third-order valence-corrected chi connectivity index (χ3v) is 5.33. The van der Waals surface area contributed by atoms with Gasteiger partial charge in [-0.15, -0.1) is 0 Å². The molecule has 3 nitrogen and oxygen atoms in total. The summed E-state index contributed by atoms with van der Waals surface area (Å²) < 4.78 is 0. The smallest absolute Gasteiger partial charge is 0.0113 e. The van der Waals surface area contributed by atoms with Gasteiger partial charge >= 0.3 is 0 Å². The van der Waals surface area contributed by atoms with E-state index in [1.165, 1.54) is 65.0 Å². The van der Waals surface area contributed by atoms with Crippen molar-refractivity contribution in [1.29, 1.82) is 0 Å². The third kappa shape index (κ3) is 4.17. The first-order chi connectivity index (χ1) is 9.22. The molecule has 1 N–H and O–H groups in total. The van der Waals surface area contributed by atoms with Crippen LogP contribution < -0.4 is 5.32 Å². The van der Waals surface area contributed by atoms with Crippen molar-refractivity contribution in [1.82, 2.24) is 15.1 Å². The summed E-state index contributed by atoms with van der Waals surface area (Å²) in [4.78, 5) is 5.40. The van der Waals surface area contributed by atoms with Gasteiger partial charge in [-0.2, -0.15) is 0 Å². The molecule has 1 saturated heterocycles. The number of piperazine rings is 1. The molecule has 19 heavy (non-hydrogen) atoms. The van der Waals surface area contributed by atoms with Crippen LogP contribution in [0.5, 0.6) is 0 Å². The Hall–Kier alpha value is -0.120. The normalized spacial score (nSPS) is 29.4. The van der Waals surface area contributed by atoms with E-state index in [-0.39, 0.29) is 0 Å². The zero-order chi connectivity index (χ0) is 13.2. The number of nitrogens with one attached hydrogen (secondary N) is 1. The molecule has 0 amide bonds. The SMILES string of the molecule is CC(CNC1CC1)C(C)N1CCN(CC2CC2)CC1. The first-order valence-corrected chi connectivity index (χ1v) is 8.42. The van der Waals surface area contributed by atoms with Gasteiger partial charge in [0, 0.05) is 44.8 Å². The average molecular weight is 265 g/mol. The fraction of sp³-hybridized carbons (Fsp3) is 1.00. The highest BCUT2D eigenvalue weighted by atomic mass is 15.3. The van der Waals surface area contributed by atoms with E-state index < -0.39 is 0 Å². The van der Waals surface area contributed by atoms with E-state index in [9.17, 15) is 0 Å². The molecular weight excluding hydrogens is 234 g/mol. The molecule has 2 saturated carbocycles. The minimum atomic E-state index is 0.731. The predicted octanol–water partition coefficient (Wildman–Crippen LogP) is 1.79. The number of rotatable bonds is 7. The monoisotopic (exact) mass is 265 g/mol. The molecule has 0 bridgehead atoms. The van der Waals surface area contributed by atoms with Gasteiger partial charge in [0.25, 0.3) is 0 Å². The van der Waals surface area contributed by atoms with Crippen LogP contribution in [-0.2, 0) is 0 Å². The largest absolute Gasteiger partial charge is 0.314 e. The third-order valence-electron chi connectivity index (χ3n) is 5.33. The molecule has 2 aliphatic carbocycles. The van der Waals surface area contributed by atoms with E-state index >= 15 is 0 Å². The van der Waals surface area contributed by atoms with Crippen LogP contribution in [0.2, 0.25) is 0 Å². The Morgan fingerprint density at radius 2 is 1.68 bits per heavy atom. The maximum Gasteiger partial charge on any atom is 0.0113 e. The van der Waals surface area contributed by atoms with Gasteiger partial charge in [0.2, 0.25) is 0 Å². The van der Waals surface area contributed by atoms with Gasteiger partial charge in [-0.1, -0.05) is 6.92 Å². The lowest BCUT2D eigenvalue weighted by molar-refractivity contribution is 0.0781. The molecule has 2 atom stereocenters. The molecule has 0 radical (unpaired) electrons. The maximum absolute atomic E-state index is 3.68. The van der Waals surface area contributed by atoms with E-state index in [2.05, 4.69) is 29.0 Å². The minimum absolute atomic E-state index is 0.731. The van der Waals surface area contributed by atoms with Crippen LogP contribution in [0.3, 0.4) is 0 Å². The fourth-order valence-electron chi connectivity index (χ4n) is 3.19. The topological polar surface area (TPSA) is 18.5 Å². The molecule has 3 fully saturated rings. The molecule has 1 aliphatic heterocycles. The molecule has 0 aromatic carbocycles. The second-order valence-corrected chi connectivity index (χ2v) is 7.18. The van der Waals surface area contributed by atoms with Gasteiger partial charge in [-0.25, -0.2) is 0 Å². The molecule has 0 aromatic heterocycles. The van der Waals surface area contributed by atoms with Crippen molar-refractivity contribution in [3.05, 3.63) is 0 Å². The van der Waals surface area contributed by atoms with Gasteiger partial charge in [0.05, 0.1) is 0 Å². The Morgan fingerprint density at radius 3 is 2.26 bits per heavy atom. The van der Waals surface area contributed by atoms with Crippen LogP contribution in [0.15, 0.2) is 0 Å². The average Bonchev–Trinajstić information content (AvgIpc) is 3.30. The summed E-state index contributed by atoms with van der Waals surface area (Å²) in [6.45, 7) is 12.6. The molecular formula is C16H31N3. The lowest BCUT2D eigenvalue weighted by Crippen LogP contribution is -2.52. The van der Waals surface area contributed by atoms with Crippen molar-refractivity contribution >= 4 is 0 Å². The van der Waals surface area contributed by atoms with Crippen molar-refractivity contribution < 1.29 is 0 Å². The number of hydrogen-bond donors (Lipinski definition) is 1. The Labute approximate surface area is 118 Å². The predicted molar refractivity (Wildman–Crippen MR) is 80.4 cm³/mol. The minimum Gasteiger partial charge on any atom is -0.314 e. The summed E-state index contributed by atoms with van der Waals surface area (Å²) in [6, 6.07) is 1.58. The Balaban J connectivity index is 1.36. The van der Waals surface area contributed by atoms with Gasteiger partial charge < -0.3 is 10.2 Å². The Kier molecular flexibility index (Phi) is 4.45. The summed E-state index contributed by atoms with van der Waals surface area (Å²) in [7, 11) is 0. The lowest BCUT2D eigenvalue weighted by atomic mass is 10.0. The molecule has 0 aromatic rings. The zero-order valence-electron chi connectivity index (χ0n) is 12.8. The first kappa shape index (κ1) is 13.8.